The monoisotopic (exact) mass is 370 g/mol. The fraction of sp³-hybridized carbons (Fsp3) is 0.524. The van der Waals surface area contributed by atoms with Crippen molar-refractivity contribution in [2.45, 2.75) is 58.7 Å². The number of ether oxygens (including phenoxy) is 1. The Kier molecular flexibility index (Phi) is 5.29. The number of pyridine rings is 1. The van der Waals surface area contributed by atoms with E-state index in [1.807, 2.05) is 33.8 Å². The van der Waals surface area contributed by atoms with Crippen LogP contribution in [-0.2, 0) is 4.74 Å². The highest BCUT2D eigenvalue weighted by Crippen LogP contribution is 2.31. The summed E-state index contributed by atoms with van der Waals surface area (Å²) >= 11 is 0. The fourth-order valence-electron chi connectivity index (χ4n) is 3.47. The molecule has 0 saturated carbocycles. The first kappa shape index (κ1) is 19.4. The first-order valence-electron chi connectivity index (χ1n) is 9.54. The van der Waals surface area contributed by atoms with Crippen LogP contribution in [0.1, 0.15) is 51.3 Å². The van der Waals surface area contributed by atoms with Crippen LogP contribution >= 0.6 is 0 Å². The lowest BCUT2D eigenvalue weighted by atomic mass is 10.0. The minimum Gasteiger partial charge on any atom is -0.444 e. The van der Waals surface area contributed by atoms with Crippen LogP contribution in [0.4, 0.5) is 10.6 Å². The summed E-state index contributed by atoms with van der Waals surface area (Å²) in [5.74, 6) is 0.897. The molecule has 1 aliphatic heterocycles. The number of nitrogens with one attached hydrogen (secondary N) is 1. The summed E-state index contributed by atoms with van der Waals surface area (Å²) in [6.07, 6.45) is 0.518. The van der Waals surface area contributed by atoms with Gasteiger partial charge in [-0.1, -0.05) is 18.2 Å². The molecule has 3 rings (SSSR count). The maximum atomic E-state index is 12.3. The zero-order chi connectivity index (χ0) is 19.8. The summed E-state index contributed by atoms with van der Waals surface area (Å²) in [6, 6.07) is 8.19. The van der Waals surface area contributed by atoms with Crippen LogP contribution in [0.15, 0.2) is 24.3 Å². The van der Waals surface area contributed by atoms with Crippen molar-refractivity contribution < 1.29 is 9.53 Å². The second kappa shape index (κ2) is 7.35. The number of carbonyl (C=O) groups is 1. The Labute approximate surface area is 161 Å². The first-order chi connectivity index (χ1) is 12.6. The quantitative estimate of drug-likeness (QED) is 0.862. The van der Waals surface area contributed by atoms with Gasteiger partial charge in [-0.2, -0.15) is 0 Å². The van der Waals surface area contributed by atoms with Crippen LogP contribution in [0.25, 0.3) is 10.9 Å². The lowest BCUT2D eigenvalue weighted by Crippen LogP contribution is -2.35. The van der Waals surface area contributed by atoms with Gasteiger partial charge in [0.15, 0.2) is 0 Å². The number of anilines is 1. The smallest absolute Gasteiger partial charge is 0.408 e. The molecule has 0 aliphatic carbocycles. The molecule has 1 aromatic heterocycles. The fourth-order valence-corrected chi connectivity index (χ4v) is 3.47. The number of hydrogen-bond donors (Lipinski definition) is 2. The predicted molar refractivity (Wildman–Crippen MR) is 109 cm³/mol. The number of nitrogens with zero attached hydrogens (tertiary/aromatic N) is 2. The van der Waals surface area contributed by atoms with E-state index in [-0.39, 0.29) is 12.1 Å². The summed E-state index contributed by atoms with van der Waals surface area (Å²) in [7, 11) is 0. The second-order valence-electron chi connectivity index (χ2n) is 8.41. The third-order valence-electron chi connectivity index (χ3n) is 4.78. The Morgan fingerprint density at radius 2 is 2.15 bits per heavy atom. The van der Waals surface area contributed by atoms with E-state index >= 15 is 0 Å². The summed E-state index contributed by atoms with van der Waals surface area (Å²) in [5, 5.41) is 4.01. The normalized spacial score (nSPS) is 18.6. The Morgan fingerprint density at radius 1 is 1.41 bits per heavy atom. The number of amides is 1. The number of fused-ring (bicyclic) bond motifs is 1. The predicted octanol–water partition coefficient (Wildman–Crippen LogP) is 3.67. The molecule has 146 valence electrons. The maximum Gasteiger partial charge on any atom is 0.408 e. The van der Waals surface area contributed by atoms with E-state index in [9.17, 15) is 4.79 Å². The van der Waals surface area contributed by atoms with Crippen molar-refractivity contribution in [2.75, 3.05) is 18.0 Å². The molecule has 6 nitrogen and oxygen atoms in total. The molecule has 6 heteroatoms. The number of benzene rings is 1. The SMILES string of the molecule is Cc1cccc2cc(C(C)NC(=O)OC(C)(C)C)c(N3CC[C@H](N)C3)nc12. The molecule has 3 N–H and O–H groups in total. The lowest BCUT2D eigenvalue weighted by molar-refractivity contribution is 0.0508. The van der Waals surface area contributed by atoms with Crippen molar-refractivity contribution in [3.63, 3.8) is 0 Å². The Hall–Kier alpha value is -2.34. The molecule has 1 unspecified atom stereocenters. The standard InChI is InChI=1S/C21H30N4O2/c1-13-7-6-8-15-11-17(14(2)23-20(26)27-21(3,4)5)19(24-18(13)15)25-10-9-16(22)12-25/h6-8,11,14,16H,9-10,12,22H2,1-5H3,(H,23,26)/t14?,16-/m0/s1. The van der Waals surface area contributed by atoms with Gasteiger partial charge in [0.25, 0.3) is 0 Å². The van der Waals surface area contributed by atoms with Crippen molar-refractivity contribution in [2.24, 2.45) is 5.73 Å². The third kappa shape index (κ3) is 4.50. The van der Waals surface area contributed by atoms with Gasteiger partial charge in [0, 0.05) is 30.1 Å². The molecule has 0 radical (unpaired) electrons. The summed E-state index contributed by atoms with van der Waals surface area (Å²) < 4.78 is 5.41. The summed E-state index contributed by atoms with van der Waals surface area (Å²) in [6.45, 7) is 11.2. The number of rotatable bonds is 3. The van der Waals surface area contributed by atoms with Crippen molar-refractivity contribution in [1.29, 1.82) is 0 Å². The lowest BCUT2D eigenvalue weighted by Gasteiger charge is -2.26. The van der Waals surface area contributed by atoms with E-state index in [4.69, 9.17) is 15.5 Å². The molecule has 1 saturated heterocycles. The average Bonchev–Trinajstić information content (AvgIpc) is 2.98. The van der Waals surface area contributed by atoms with Crippen LogP contribution in [-0.4, -0.2) is 35.8 Å². The second-order valence-corrected chi connectivity index (χ2v) is 8.41. The highest BCUT2D eigenvalue weighted by atomic mass is 16.6. The number of aryl methyl sites for hydroxylation is 1. The number of nitrogens with two attached hydrogens (primary N) is 1. The molecule has 1 aliphatic rings. The Morgan fingerprint density at radius 3 is 2.78 bits per heavy atom. The number of hydrogen-bond acceptors (Lipinski definition) is 5. The van der Waals surface area contributed by atoms with Crippen LogP contribution in [0.2, 0.25) is 0 Å². The number of para-hydroxylation sites is 1. The summed E-state index contributed by atoms with van der Waals surface area (Å²) in [5.41, 5.74) is 8.69. The van der Waals surface area contributed by atoms with Gasteiger partial charge in [-0.15, -0.1) is 0 Å². The number of carbonyl (C=O) groups excluding carboxylic acids is 1. The number of alkyl carbamates (subject to hydrolysis) is 1. The molecule has 1 aromatic carbocycles. The van der Waals surface area contributed by atoms with E-state index in [1.54, 1.807) is 0 Å². The summed E-state index contributed by atoms with van der Waals surface area (Å²) in [4.78, 5) is 19.5. The minimum absolute atomic E-state index is 0.154. The zero-order valence-electron chi connectivity index (χ0n) is 16.9. The molecule has 2 atom stereocenters. The highest BCUT2D eigenvalue weighted by Gasteiger charge is 2.26. The molecule has 1 fully saturated rings. The van der Waals surface area contributed by atoms with Gasteiger partial charge < -0.3 is 20.7 Å². The number of aromatic nitrogens is 1. The minimum atomic E-state index is -0.535. The molecule has 2 heterocycles. The van der Waals surface area contributed by atoms with Crippen molar-refractivity contribution in [3.05, 3.63) is 35.4 Å². The molecule has 0 spiro atoms. The van der Waals surface area contributed by atoms with Crippen LogP contribution < -0.4 is 16.0 Å². The van der Waals surface area contributed by atoms with E-state index in [0.717, 1.165) is 47.4 Å². The van der Waals surface area contributed by atoms with Crippen LogP contribution in [0, 0.1) is 6.92 Å². The average molecular weight is 370 g/mol. The van der Waals surface area contributed by atoms with E-state index in [1.165, 1.54) is 0 Å². The van der Waals surface area contributed by atoms with Crippen LogP contribution in [0.3, 0.4) is 0 Å². The van der Waals surface area contributed by atoms with Gasteiger partial charge in [-0.05, 0) is 52.7 Å². The van der Waals surface area contributed by atoms with E-state index in [2.05, 4.69) is 35.3 Å². The Balaban J connectivity index is 1.98. The molecule has 27 heavy (non-hydrogen) atoms. The third-order valence-corrected chi connectivity index (χ3v) is 4.78. The molecular weight excluding hydrogens is 340 g/mol. The van der Waals surface area contributed by atoms with E-state index in [0.29, 0.717) is 0 Å². The maximum absolute atomic E-state index is 12.3. The van der Waals surface area contributed by atoms with Crippen molar-refractivity contribution >= 4 is 22.8 Å². The molecule has 1 amide bonds. The zero-order valence-corrected chi connectivity index (χ0v) is 16.9. The van der Waals surface area contributed by atoms with Gasteiger partial charge in [0.1, 0.15) is 11.4 Å². The van der Waals surface area contributed by atoms with Crippen LogP contribution in [0.5, 0.6) is 0 Å². The van der Waals surface area contributed by atoms with Gasteiger partial charge in [0.05, 0.1) is 11.6 Å². The van der Waals surface area contributed by atoms with Gasteiger partial charge in [-0.25, -0.2) is 9.78 Å². The molecular formula is C21H30N4O2. The first-order valence-corrected chi connectivity index (χ1v) is 9.54. The van der Waals surface area contributed by atoms with Gasteiger partial charge in [0.2, 0.25) is 0 Å². The molecule has 0 bridgehead atoms. The van der Waals surface area contributed by atoms with Crippen molar-refractivity contribution in [1.82, 2.24) is 10.3 Å². The Bertz CT molecular complexity index is 844. The van der Waals surface area contributed by atoms with E-state index < -0.39 is 11.7 Å². The van der Waals surface area contributed by atoms with Gasteiger partial charge >= 0.3 is 6.09 Å². The largest absolute Gasteiger partial charge is 0.444 e. The van der Waals surface area contributed by atoms with Gasteiger partial charge in [-0.3, -0.25) is 0 Å². The van der Waals surface area contributed by atoms with Crippen molar-refractivity contribution in [3.8, 4) is 0 Å². The highest BCUT2D eigenvalue weighted by molar-refractivity contribution is 5.85. The topological polar surface area (TPSA) is 80.5 Å². The molecule has 2 aromatic rings.